The van der Waals surface area contributed by atoms with Crippen LogP contribution in [0.3, 0.4) is 0 Å². The second kappa shape index (κ2) is 6.91. The van der Waals surface area contributed by atoms with E-state index in [4.69, 9.17) is 0 Å². The highest BCUT2D eigenvalue weighted by molar-refractivity contribution is 4.84. The van der Waals surface area contributed by atoms with Gasteiger partial charge in [0.1, 0.15) is 0 Å². The van der Waals surface area contributed by atoms with Crippen LogP contribution < -0.4 is 5.32 Å². The Labute approximate surface area is 113 Å². The molecular weight excluding hydrogens is 222 g/mol. The molecule has 0 saturated heterocycles. The van der Waals surface area contributed by atoms with Gasteiger partial charge >= 0.3 is 0 Å². The summed E-state index contributed by atoms with van der Waals surface area (Å²) in [6.07, 6.45) is 11.3. The van der Waals surface area contributed by atoms with Gasteiger partial charge in [0.2, 0.25) is 0 Å². The first-order chi connectivity index (χ1) is 8.63. The maximum absolute atomic E-state index is 9.74. The summed E-state index contributed by atoms with van der Waals surface area (Å²) < 4.78 is 0. The van der Waals surface area contributed by atoms with Crippen molar-refractivity contribution >= 4 is 0 Å². The summed E-state index contributed by atoms with van der Waals surface area (Å²) in [5.74, 6) is 1.77. The van der Waals surface area contributed by atoms with E-state index >= 15 is 0 Å². The standard InChI is InChI=1S/C16H31NO/c1-12(2)9-13-5-3-6-14(10-13)17-15-7-4-8-16(18)11-15/h12-18H,3-11H2,1-2H3. The second-order valence-electron chi connectivity index (χ2n) is 7.04. The van der Waals surface area contributed by atoms with Gasteiger partial charge in [-0.1, -0.05) is 26.7 Å². The summed E-state index contributed by atoms with van der Waals surface area (Å²) >= 11 is 0. The first-order valence-electron chi connectivity index (χ1n) is 8.07. The summed E-state index contributed by atoms with van der Waals surface area (Å²) in [4.78, 5) is 0. The Morgan fingerprint density at radius 1 is 1.00 bits per heavy atom. The Hall–Kier alpha value is -0.0800. The maximum atomic E-state index is 9.74. The molecule has 2 aliphatic rings. The molecule has 2 fully saturated rings. The van der Waals surface area contributed by atoms with Gasteiger partial charge in [-0.2, -0.15) is 0 Å². The molecule has 0 spiro atoms. The molecule has 4 unspecified atom stereocenters. The first kappa shape index (κ1) is 14.3. The minimum Gasteiger partial charge on any atom is -0.393 e. The molecule has 0 aromatic heterocycles. The van der Waals surface area contributed by atoms with E-state index in [9.17, 15) is 5.11 Å². The number of aliphatic hydroxyl groups is 1. The smallest absolute Gasteiger partial charge is 0.0555 e. The van der Waals surface area contributed by atoms with Gasteiger partial charge in [-0.05, 0) is 56.8 Å². The molecular formula is C16H31NO. The fourth-order valence-electron chi connectivity index (χ4n) is 3.97. The van der Waals surface area contributed by atoms with Crippen molar-refractivity contribution in [1.82, 2.24) is 5.32 Å². The van der Waals surface area contributed by atoms with Crippen LogP contribution in [0.25, 0.3) is 0 Å². The molecule has 2 aliphatic carbocycles. The van der Waals surface area contributed by atoms with E-state index in [-0.39, 0.29) is 6.10 Å². The van der Waals surface area contributed by atoms with Crippen LogP contribution in [0.4, 0.5) is 0 Å². The summed E-state index contributed by atoms with van der Waals surface area (Å²) in [5, 5.41) is 13.6. The average Bonchev–Trinajstić information content (AvgIpc) is 2.28. The van der Waals surface area contributed by atoms with E-state index in [1.54, 1.807) is 0 Å². The Morgan fingerprint density at radius 3 is 2.33 bits per heavy atom. The van der Waals surface area contributed by atoms with Crippen LogP contribution in [0.5, 0.6) is 0 Å². The molecule has 0 amide bonds. The quantitative estimate of drug-likeness (QED) is 0.804. The lowest BCUT2D eigenvalue weighted by Crippen LogP contribution is -2.44. The van der Waals surface area contributed by atoms with E-state index in [0.29, 0.717) is 6.04 Å². The van der Waals surface area contributed by atoms with Crippen LogP contribution >= 0.6 is 0 Å². The number of hydrogen-bond acceptors (Lipinski definition) is 2. The van der Waals surface area contributed by atoms with Crippen molar-refractivity contribution in [2.45, 2.75) is 89.8 Å². The van der Waals surface area contributed by atoms with Crippen molar-refractivity contribution in [3.63, 3.8) is 0 Å². The van der Waals surface area contributed by atoms with Crippen LogP contribution in [-0.4, -0.2) is 23.3 Å². The summed E-state index contributed by atoms with van der Waals surface area (Å²) in [7, 11) is 0. The van der Waals surface area contributed by atoms with Gasteiger partial charge < -0.3 is 10.4 Å². The third-order valence-electron chi connectivity index (χ3n) is 4.71. The van der Waals surface area contributed by atoms with E-state index in [1.807, 2.05) is 0 Å². The normalized spacial score (nSPS) is 38.0. The van der Waals surface area contributed by atoms with Crippen molar-refractivity contribution in [2.75, 3.05) is 0 Å². The Morgan fingerprint density at radius 2 is 1.67 bits per heavy atom. The van der Waals surface area contributed by atoms with Gasteiger partial charge in [0.15, 0.2) is 0 Å². The van der Waals surface area contributed by atoms with Crippen LogP contribution in [0.1, 0.15) is 71.6 Å². The lowest BCUT2D eigenvalue weighted by molar-refractivity contribution is 0.104. The third-order valence-corrected chi connectivity index (χ3v) is 4.71. The zero-order valence-corrected chi connectivity index (χ0v) is 12.2. The largest absolute Gasteiger partial charge is 0.393 e. The molecule has 0 bridgehead atoms. The Bertz CT molecular complexity index is 241. The summed E-state index contributed by atoms with van der Waals surface area (Å²) in [6, 6.07) is 1.30. The van der Waals surface area contributed by atoms with Gasteiger partial charge in [-0.25, -0.2) is 0 Å². The van der Waals surface area contributed by atoms with Crippen LogP contribution in [0.15, 0.2) is 0 Å². The Kier molecular flexibility index (Phi) is 5.50. The topological polar surface area (TPSA) is 32.3 Å². The molecule has 2 rings (SSSR count). The van der Waals surface area contributed by atoms with Crippen LogP contribution in [0.2, 0.25) is 0 Å². The SMILES string of the molecule is CC(C)CC1CCCC(NC2CCCC(O)C2)C1. The molecule has 18 heavy (non-hydrogen) atoms. The van der Waals surface area contributed by atoms with E-state index in [1.165, 1.54) is 44.9 Å². The predicted molar refractivity (Wildman–Crippen MR) is 76.6 cm³/mol. The Balaban J connectivity index is 1.74. The number of aliphatic hydroxyl groups excluding tert-OH is 1. The zero-order chi connectivity index (χ0) is 13.0. The van der Waals surface area contributed by atoms with Gasteiger partial charge in [-0.3, -0.25) is 0 Å². The summed E-state index contributed by atoms with van der Waals surface area (Å²) in [6.45, 7) is 4.68. The minimum absolute atomic E-state index is 0.0497. The fraction of sp³-hybridized carbons (Fsp3) is 1.00. The van der Waals surface area contributed by atoms with Crippen molar-refractivity contribution in [2.24, 2.45) is 11.8 Å². The monoisotopic (exact) mass is 253 g/mol. The van der Waals surface area contributed by atoms with E-state index in [2.05, 4.69) is 19.2 Å². The van der Waals surface area contributed by atoms with Gasteiger partial charge in [0.25, 0.3) is 0 Å². The molecule has 0 radical (unpaired) electrons. The van der Waals surface area contributed by atoms with Crippen molar-refractivity contribution in [3.05, 3.63) is 0 Å². The molecule has 2 nitrogen and oxygen atoms in total. The average molecular weight is 253 g/mol. The fourth-order valence-corrected chi connectivity index (χ4v) is 3.97. The molecule has 4 atom stereocenters. The summed E-state index contributed by atoms with van der Waals surface area (Å²) in [5.41, 5.74) is 0. The number of rotatable bonds is 4. The predicted octanol–water partition coefficient (Wildman–Crippen LogP) is 3.48. The van der Waals surface area contributed by atoms with Gasteiger partial charge in [0.05, 0.1) is 6.10 Å². The lowest BCUT2D eigenvalue weighted by atomic mass is 9.80. The van der Waals surface area contributed by atoms with Crippen molar-refractivity contribution in [3.8, 4) is 0 Å². The molecule has 2 N–H and O–H groups in total. The van der Waals surface area contributed by atoms with Gasteiger partial charge in [-0.15, -0.1) is 0 Å². The molecule has 0 aromatic rings. The van der Waals surface area contributed by atoms with E-state index < -0.39 is 0 Å². The van der Waals surface area contributed by atoms with Crippen molar-refractivity contribution < 1.29 is 5.11 Å². The first-order valence-corrected chi connectivity index (χ1v) is 8.07. The molecule has 2 heteroatoms. The van der Waals surface area contributed by atoms with Crippen LogP contribution in [-0.2, 0) is 0 Å². The molecule has 106 valence electrons. The molecule has 0 aliphatic heterocycles. The zero-order valence-electron chi connectivity index (χ0n) is 12.2. The van der Waals surface area contributed by atoms with Crippen LogP contribution in [0, 0.1) is 11.8 Å². The number of hydrogen-bond donors (Lipinski definition) is 2. The van der Waals surface area contributed by atoms with Crippen molar-refractivity contribution in [1.29, 1.82) is 0 Å². The highest BCUT2D eigenvalue weighted by Crippen LogP contribution is 2.30. The third kappa shape index (κ3) is 4.55. The van der Waals surface area contributed by atoms with Gasteiger partial charge in [0, 0.05) is 12.1 Å². The highest BCUT2D eigenvalue weighted by atomic mass is 16.3. The highest BCUT2D eigenvalue weighted by Gasteiger charge is 2.26. The maximum Gasteiger partial charge on any atom is 0.0555 e. The molecule has 0 aromatic carbocycles. The lowest BCUT2D eigenvalue weighted by Gasteiger charge is -2.35. The molecule has 2 saturated carbocycles. The van der Waals surface area contributed by atoms with E-state index in [0.717, 1.165) is 30.7 Å². The minimum atomic E-state index is -0.0497. The second-order valence-corrected chi connectivity index (χ2v) is 7.04. The number of nitrogens with one attached hydrogen (secondary N) is 1. The molecule has 0 heterocycles.